The fourth-order valence-corrected chi connectivity index (χ4v) is 5.51. The predicted octanol–water partition coefficient (Wildman–Crippen LogP) is -0.153. The summed E-state index contributed by atoms with van der Waals surface area (Å²) in [6, 6.07) is 1.03. The first-order valence-corrected chi connectivity index (χ1v) is 8.51. The Kier molecular flexibility index (Phi) is 3.38. The first-order chi connectivity index (χ1) is 8.59. The Labute approximate surface area is 110 Å². The molecule has 0 spiro atoms. The summed E-state index contributed by atoms with van der Waals surface area (Å²) >= 11 is 0. The summed E-state index contributed by atoms with van der Waals surface area (Å²) in [4.78, 5) is 2.39. The van der Waals surface area contributed by atoms with Crippen molar-refractivity contribution in [3.63, 3.8) is 0 Å². The second kappa shape index (κ2) is 4.74. The van der Waals surface area contributed by atoms with Crippen molar-refractivity contribution in [2.24, 2.45) is 0 Å². The van der Waals surface area contributed by atoms with Gasteiger partial charge in [0.25, 0.3) is 0 Å². The van der Waals surface area contributed by atoms with Crippen molar-refractivity contribution in [1.29, 1.82) is 0 Å². The summed E-state index contributed by atoms with van der Waals surface area (Å²) in [6.45, 7) is 2.88. The maximum Gasteiger partial charge on any atom is 0.218 e. The summed E-state index contributed by atoms with van der Waals surface area (Å²) in [7, 11) is -0.938. The predicted molar refractivity (Wildman–Crippen MR) is 71.0 cm³/mol. The molecule has 0 amide bonds. The topological polar surface area (TPSA) is 52.7 Å². The average Bonchev–Trinajstić information content (AvgIpc) is 2.88. The van der Waals surface area contributed by atoms with E-state index in [1.54, 1.807) is 4.31 Å². The Hall–Kier alpha value is -0.170. The minimum atomic E-state index is -3.09. The van der Waals surface area contributed by atoms with E-state index in [2.05, 4.69) is 17.3 Å². The maximum absolute atomic E-state index is 12.6. The molecular weight excluding hydrogens is 250 g/mol. The van der Waals surface area contributed by atoms with Crippen molar-refractivity contribution in [1.82, 2.24) is 14.5 Å². The monoisotopic (exact) mass is 273 g/mol. The van der Waals surface area contributed by atoms with Gasteiger partial charge in [-0.15, -0.1) is 0 Å². The molecule has 3 aliphatic rings. The van der Waals surface area contributed by atoms with Crippen LogP contribution in [0.3, 0.4) is 0 Å². The van der Waals surface area contributed by atoms with E-state index >= 15 is 0 Å². The Morgan fingerprint density at radius 1 is 1.11 bits per heavy atom. The van der Waals surface area contributed by atoms with E-state index in [9.17, 15) is 8.42 Å². The standard InChI is InChI=1S/C12H23N3O2S/c1-14-10-2-3-11(14)9-15(7-5-10)18(16,17)12-4-6-13-8-12/h10-13H,2-9H2,1H3. The molecule has 104 valence electrons. The van der Waals surface area contributed by atoms with E-state index in [0.717, 1.165) is 25.8 Å². The molecule has 3 atom stereocenters. The second-order valence-electron chi connectivity index (χ2n) is 5.86. The lowest BCUT2D eigenvalue weighted by molar-refractivity contribution is 0.246. The Morgan fingerprint density at radius 3 is 2.61 bits per heavy atom. The van der Waals surface area contributed by atoms with E-state index in [1.807, 2.05) is 0 Å². The molecule has 0 aromatic heterocycles. The van der Waals surface area contributed by atoms with E-state index in [-0.39, 0.29) is 5.25 Å². The lowest BCUT2D eigenvalue weighted by atomic mass is 10.1. The van der Waals surface area contributed by atoms with Crippen molar-refractivity contribution < 1.29 is 8.42 Å². The smallest absolute Gasteiger partial charge is 0.218 e. The van der Waals surface area contributed by atoms with E-state index in [1.165, 1.54) is 6.42 Å². The molecule has 3 unspecified atom stereocenters. The van der Waals surface area contributed by atoms with Crippen molar-refractivity contribution in [2.45, 2.75) is 43.0 Å². The zero-order chi connectivity index (χ0) is 12.8. The maximum atomic E-state index is 12.6. The molecule has 0 radical (unpaired) electrons. The van der Waals surface area contributed by atoms with Gasteiger partial charge in [-0.05, 0) is 39.3 Å². The summed E-state index contributed by atoms with van der Waals surface area (Å²) in [5.41, 5.74) is 0. The molecule has 3 saturated heterocycles. The van der Waals surface area contributed by atoms with Crippen LogP contribution >= 0.6 is 0 Å². The highest BCUT2D eigenvalue weighted by Crippen LogP contribution is 2.30. The van der Waals surface area contributed by atoms with Crippen LogP contribution in [0.2, 0.25) is 0 Å². The molecule has 0 aromatic rings. The molecule has 5 nitrogen and oxygen atoms in total. The summed E-state index contributed by atoms with van der Waals surface area (Å²) in [5.74, 6) is 0. The number of hydrogen-bond acceptors (Lipinski definition) is 4. The average molecular weight is 273 g/mol. The number of nitrogens with one attached hydrogen (secondary N) is 1. The van der Waals surface area contributed by atoms with E-state index in [0.29, 0.717) is 31.7 Å². The summed E-state index contributed by atoms with van der Waals surface area (Å²) < 4.78 is 27.0. The van der Waals surface area contributed by atoms with Gasteiger partial charge >= 0.3 is 0 Å². The molecule has 1 N–H and O–H groups in total. The number of sulfonamides is 1. The molecule has 3 rings (SSSR count). The third-order valence-electron chi connectivity index (χ3n) is 4.91. The minimum Gasteiger partial charge on any atom is -0.315 e. The Morgan fingerprint density at radius 2 is 1.89 bits per heavy atom. The molecule has 0 saturated carbocycles. The molecule has 2 bridgehead atoms. The van der Waals surface area contributed by atoms with Crippen molar-refractivity contribution in [2.75, 3.05) is 33.2 Å². The van der Waals surface area contributed by atoms with Crippen LogP contribution in [0.25, 0.3) is 0 Å². The van der Waals surface area contributed by atoms with Crippen molar-refractivity contribution in [3.05, 3.63) is 0 Å². The van der Waals surface area contributed by atoms with Crippen LogP contribution in [0.1, 0.15) is 25.7 Å². The first kappa shape index (κ1) is 12.8. The van der Waals surface area contributed by atoms with Gasteiger partial charge in [0.2, 0.25) is 10.0 Å². The van der Waals surface area contributed by atoms with Gasteiger partial charge in [-0.2, -0.15) is 0 Å². The third kappa shape index (κ3) is 2.09. The van der Waals surface area contributed by atoms with Crippen LogP contribution in [0.15, 0.2) is 0 Å². The highest BCUT2D eigenvalue weighted by Gasteiger charge is 2.41. The molecule has 3 heterocycles. The lowest BCUT2D eigenvalue weighted by Crippen LogP contribution is -2.44. The number of fused-ring (bicyclic) bond motifs is 2. The minimum absolute atomic E-state index is 0.195. The molecule has 0 aliphatic carbocycles. The Balaban J connectivity index is 1.76. The number of likely N-dealkylation sites (N-methyl/N-ethyl adjacent to an activating group) is 1. The van der Waals surface area contributed by atoms with Crippen LogP contribution in [0.4, 0.5) is 0 Å². The first-order valence-electron chi connectivity index (χ1n) is 7.00. The quantitative estimate of drug-likeness (QED) is 0.760. The van der Waals surface area contributed by atoms with Crippen LogP contribution in [-0.4, -0.2) is 68.2 Å². The van der Waals surface area contributed by atoms with Gasteiger partial charge in [-0.1, -0.05) is 0 Å². The summed E-state index contributed by atoms with van der Waals surface area (Å²) in [5, 5.41) is 2.96. The highest BCUT2D eigenvalue weighted by molar-refractivity contribution is 7.89. The van der Waals surface area contributed by atoms with Gasteiger partial charge in [-0.25, -0.2) is 12.7 Å². The number of rotatable bonds is 2. The SMILES string of the molecule is CN1C2CCC1CN(S(=O)(=O)C1CCNC1)CC2. The number of hydrogen-bond donors (Lipinski definition) is 1. The molecule has 6 heteroatoms. The van der Waals surface area contributed by atoms with E-state index < -0.39 is 10.0 Å². The number of nitrogens with zero attached hydrogens (tertiary/aromatic N) is 2. The zero-order valence-electron chi connectivity index (χ0n) is 11.0. The van der Waals surface area contributed by atoms with E-state index in [4.69, 9.17) is 0 Å². The highest BCUT2D eigenvalue weighted by atomic mass is 32.2. The van der Waals surface area contributed by atoms with Crippen LogP contribution in [-0.2, 0) is 10.0 Å². The van der Waals surface area contributed by atoms with Crippen LogP contribution in [0, 0.1) is 0 Å². The van der Waals surface area contributed by atoms with Crippen LogP contribution < -0.4 is 5.32 Å². The van der Waals surface area contributed by atoms with Gasteiger partial charge in [0.1, 0.15) is 0 Å². The van der Waals surface area contributed by atoms with Gasteiger partial charge in [0.05, 0.1) is 5.25 Å². The molecule has 3 aliphatic heterocycles. The lowest BCUT2D eigenvalue weighted by Gasteiger charge is -2.27. The van der Waals surface area contributed by atoms with Gasteiger partial charge in [0, 0.05) is 31.7 Å². The molecule has 18 heavy (non-hydrogen) atoms. The third-order valence-corrected chi connectivity index (χ3v) is 7.20. The second-order valence-corrected chi connectivity index (χ2v) is 8.07. The fourth-order valence-electron chi connectivity index (χ4n) is 3.60. The molecule has 3 fully saturated rings. The van der Waals surface area contributed by atoms with Crippen molar-refractivity contribution in [3.8, 4) is 0 Å². The molecule has 0 aromatic carbocycles. The fraction of sp³-hybridized carbons (Fsp3) is 1.00. The van der Waals surface area contributed by atoms with Gasteiger partial charge in [-0.3, -0.25) is 4.90 Å². The van der Waals surface area contributed by atoms with Crippen LogP contribution in [0.5, 0.6) is 0 Å². The normalized spacial score (nSPS) is 39.1. The largest absolute Gasteiger partial charge is 0.315 e. The van der Waals surface area contributed by atoms with Gasteiger partial charge in [0.15, 0.2) is 0 Å². The van der Waals surface area contributed by atoms with Gasteiger partial charge < -0.3 is 5.32 Å². The molecular formula is C12H23N3O2S. The Bertz CT molecular complexity index is 406. The zero-order valence-corrected chi connectivity index (χ0v) is 11.8. The summed E-state index contributed by atoms with van der Waals surface area (Å²) in [6.07, 6.45) is 4.14. The van der Waals surface area contributed by atoms with Crippen molar-refractivity contribution >= 4 is 10.0 Å².